The van der Waals surface area contributed by atoms with Gasteiger partial charge in [0.15, 0.2) is 11.5 Å². The van der Waals surface area contributed by atoms with Crippen molar-refractivity contribution in [1.82, 2.24) is 4.90 Å². The summed E-state index contributed by atoms with van der Waals surface area (Å²) in [6.07, 6.45) is -0.641. The number of likely N-dealkylation sites (N-methyl/N-ethyl adjacent to an activating group) is 1. The molecule has 1 N–H and O–H groups in total. The molecular weight excluding hydrogens is 246 g/mol. The van der Waals surface area contributed by atoms with Crippen LogP contribution >= 0.6 is 0 Å². The van der Waals surface area contributed by atoms with Crippen molar-refractivity contribution in [2.24, 2.45) is 0 Å². The summed E-state index contributed by atoms with van der Waals surface area (Å²) in [7, 11) is 3.97. The van der Waals surface area contributed by atoms with Gasteiger partial charge in [-0.15, -0.1) is 0 Å². The van der Waals surface area contributed by atoms with E-state index in [1.54, 1.807) is 0 Å². The predicted molar refractivity (Wildman–Crippen MR) is 71.8 cm³/mol. The second-order valence-electron chi connectivity index (χ2n) is 4.80. The molecule has 2 rings (SSSR count). The van der Waals surface area contributed by atoms with Crippen LogP contribution in [0.25, 0.3) is 0 Å². The highest BCUT2D eigenvalue weighted by atomic mass is 16.6. The number of aliphatic hydroxyl groups excluding tert-OH is 1. The Labute approximate surface area is 113 Å². The molecule has 0 radical (unpaired) electrons. The largest absolute Gasteiger partial charge is 0.486 e. The van der Waals surface area contributed by atoms with Crippen molar-refractivity contribution in [1.29, 1.82) is 0 Å². The molecule has 106 valence electrons. The van der Waals surface area contributed by atoms with E-state index in [4.69, 9.17) is 14.2 Å². The van der Waals surface area contributed by atoms with Gasteiger partial charge < -0.3 is 24.2 Å². The van der Waals surface area contributed by atoms with Crippen molar-refractivity contribution < 1.29 is 19.3 Å². The molecule has 0 fully saturated rings. The van der Waals surface area contributed by atoms with Gasteiger partial charge in [-0.05, 0) is 31.8 Å². The van der Waals surface area contributed by atoms with Crippen LogP contribution in [0, 0.1) is 0 Å². The smallest absolute Gasteiger partial charge is 0.161 e. The van der Waals surface area contributed by atoms with Crippen LogP contribution in [0.5, 0.6) is 11.5 Å². The normalized spacial score (nSPS) is 15.6. The van der Waals surface area contributed by atoms with E-state index in [2.05, 4.69) is 0 Å². The maximum atomic E-state index is 10.1. The van der Waals surface area contributed by atoms with Gasteiger partial charge in [-0.1, -0.05) is 6.07 Å². The van der Waals surface area contributed by atoms with Gasteiger partial charge in [-0.3, -0.25) is 0 Å². The van der Waals surface area contributed by atoms with E-state index in [1.165, 1.54) is 0 Å². The molecule has 1 aromatic rings. The fraction of sp³-hybridized carbons (Fsp3) is 0.571. The molecule has 0 aromatic heterocycles. The van der Waals surface area contributed by atoms with Crippen LogP contribution in [0.3, 0.4) is 0 Å². The van der Waals surface area contributed by atoms with E-state index in [9.17, 15) is 5.11 Å². The molecule has 5 heteroatoms. The Bertz CT molecular complexity index is 408. The summed E-state index contributed by atoms with van der Waals surface area (Å²) < 4.78 is 16.4. The number of rotatable bonds is 6. The van der Waals surface area contributed by atoms with E-state index >= 15 is 0 Å². The number of fused-ring (bicyclic) bond motifs is 1. The molecule has 1 aliphatic rings. The van der Waals surface area contributed by atoms with Crippen molar-refractivity contribution in [3.8, 4) is 11.5 Å². The predicted octanol–water partition coefficient (Wildman–Crippen LogP) is 1.07. The Kier molecular flexibility index (Phi) is 5.01. The average molecular weight is 267 g/mol. The van der Waals surface area contributed by atoms with Gasteiger partial charge in [0.2, 0.25) is 0 Å². The molecule has 1 heterocycles. The van der Waals surface area contributed by atoms with Crippen molar-refractivity contribution >= 4 is 0 Å². The highest BCUT2D eigenvalue weighted by Crippen LogP contribution is 2.32. The number of hydrogen-bond acceptors (Lipinski definition) is 5. The summed E-state index contributed by atoms with van der Waals surface area (Å²) in [5.41, 5.74) is 0.786. The number of ether oxygens (including phenoxy) is 3. The highest BCUT2D eigenvalue weighted by molar-refractivity contribution is 5.44. The summed E-state index contributed by atoms with van der Waals surface area (Å²) in [4.78, 5) is 2.04. The van der Waals surface area contributed by atoms with Crippen LogP contribution < -0.4 is 9.47 Å². The lowest BCUT2D eigenvalue weighted by Gasteiger charge is -2.20. The molecular formula is C14H21NO4. The van der Waals surface area contributed by atoms with Gasteiger partial charge in [-0.25, -0.2) is 0 Å². The Morgan fingerprint density at radius 2 is 2.00 bits per heavy atom. The monoisotopic (exact) mass is 267 g/mol. The van der Waals surface area contributed by atoms with Gasteiger partial charge in [-0.2, -0.15) is 0 Å². The lowest BCUT2D eigenvalue weighted by atomic mass is 10.1. The minimum absolute atomic E-state index is 0.285. The third-order valence-corrected chi connectivity index (χ3v) is 2.91. The standard InChI is InChI=1S/C14H21NO4/c1-15(2)5-6-17-10-12(16)11-3-4-13-14(9-11)19-8-7-18-13/h3-4,9,12,16H,5-8,10H2,1-2H3. The second kappa shape index (κ2) is 6.75. The Balaban J connectivity index is 1.86. The summed E-state index contributed by atoms with van der Waals surface area (Å²) in [5.74, 6) is 1.42. The zero-order chi connectivity index (χ0) is 13.7. The molecule has 0 bridgehead atoms. The van der Waals surface area contributed by atoms with E-state index < -0.39 is 6.10 Å². The molecule has 1 unspecified atom stereocenters. The lowest BCUT2D eigenvalue weighted by Crippen LogP contribution is -2.20. The van der Waals surface area contributed by atoms with Gasteiger partial charge >= 0.3 is 0 Å². The van der Waals surface area contributed by atoms with Crippen molar-refractivity contribution in [3.05, 3.63) is 23.8 Å². The summed E-state index contributed by atoms with van der Waals surface area (Å²) in [6.45, 7) is 2.85. The van der Waals surface area contributed by atoms with Crippen LogP contribution in [0.1, 0.15) is 11.7 Å². The fourth-order valence-corrected chi connectivity index (χ4v) is 1.81. The summed E-state index contributed by atoms with van der Waals surface area (Å²) >= 11 is 0. The van der Waals surface area contributed by atoms with Gasteiger partial charge in [0.1, 0.15) is 19.3 Å². The SMILES string of the molecule is CN(C)CCOCC(O)c1ccc2c(c1)OCCO2. The molecule has 19 heavy (non-hydrogen) atoms. The van der Waals surface area contributed by atoms with Crippen LogP contribution in [0.2, 0.25) is 0 Å². The number of aliphatic hydroxyl groups is 1. The van der Waals surface area contributed by atoms with Crippen molar-refractivity contribution in [2.75, 3.05) is 47.1 Å². The van der Waals surface area contributed by atoms with Gasteiger partial charge in [0.05, 0.1) is 13.2 Å². The molecule has 1 aromatic carbocycles. The zero-order valence-corrected chi connectivity index (χ0v) is 11.5. The first-order chi connectivity index (χ1) is 9.16. The molecule has 0 aliphatic carbocycles. The quantitative estimate of drug-likeness (QED) is 0.781. The maximum Gasteiger partial charge on any atom is 0.161 e. The Morgan fingerprint density at radius 3 is 2.74 bits per heavy atom. The summed E-state index contributed by atoms with van der Waals surface area (Å²) in [6, 6.07) is 5.48. The first-order valence-electron chi connectivity index (χ1n) is 6.47. The molecule has 0 saturated carbocycles. The summed E-state index contributed by atoms with van der Waals surface area (Å²) in [5, 5.41) is 10.1. The van der Waals surface area contributed by atoms with Crippen LogP contribution in [0.4, 0.5) is 0 Å². The van der Waals surface area contributed by atoms with E-state index in [0.717, 1.165) is 17.9 Å². The highest BCUT2D eigenvalue weighted by Gasteiger charge is 2.15. The van der Waals surface area contributed by atoms with E-state index in [-0.39, 0.29) is 6.61 Å². The third-order valence-electron chi connectivity index (χ3n) is 2.91. The Hall–Kier alpha value is -1.30. The van der Waals surface area contributed by atoms with Crippen molar-refractivity contribution in [2.45, 2.75) is 6.10 Å². The van der Waals surface area contributed by atoms with Crippen LogP contribution in [0.15, 0.2) is 18.2 Å². The molecule has 1 aliphatic heterocycles. The molecule has 0 saturated heterocycles. The fourth-order valence-electron chi connectivity index (χ4n) is 1.81. The third kappa shape index (κ3) is 4.09. The molecule has 0 amide bonds. The zero-order valence-electron chi connectivity index (χ0n) is 11.5. The minimum Gasteiger partial charge on any atom is -0.486 e. The van der Waals surface area contributed by atoms with E-state index in [0.29, 0.717) is 25.6 Å². The Morgan fingerprint density at radius 1 is 1.26 bits per heavy atom. The topological polar surface area (TPSA) is 51.2 Å². The second-order valence-corrected chi connectivity index (χ2v) is 4.80. The van der Waals surface area contributed by atoms with E-state index in [1.807, 2.05) is 37.2 Å². The molecule has 0 spiro atoms. The van der Waals surface area contributed by atoms with Crippen LogP contribution in [-0.2, 0) is 4.74 Å². The minimum atomic E-state index is -0.641. The number of benzene rings is 1. The van der Waals surface area contributed by atoms with Gasteiger partial charge in [0.25, 0.3) is 0 Å². The van der Waals surface area contributed by atoms with Crippen LogP contribution in [-0.4, -0.2) is 57.1 Å². The average Bonchev–Trinajstić information content (AvgIpc) is 2.42. The lowest BCUT2D eigenvalue weighted by molar-refractivity contribution is 0.0304. The molecule has 5 nitrogen and oxygen atoms in total. The number of nitrogens with zero attached hydrogens (tertiary/aromatic N) is 1. The maximum absolute atomic E-state index is 10.1. The van der Waals surface area contributed by atoms with Gasteiger partial charge in [0, 0.05) is 6.54 Å². The first-order valence-corrected chi connectivity index (χ1v) is 6.47. The number of hydrogen-bond donors (Lipinski definition) is 1. The first kappa shape index (κ1) is 14.1. The molecule has 1 atom stereocenters. The van der Waals surface area contributed by atoms with Crippen molar-refractivity contribution in [3.63, 3.8) is 0 Å².